The molecule has 2 saturated heterocycles. The van der Waals surface area contributed by atoms with E-state index in [-0.39, 0.29) is 18.0 Å². The molecular formula is C20H26Cl2N2O3. The Labute approximate surface area is 170 Å². The van der Waals surface area contributed by atoms with Crippen molar-refractivity contribution in [2.75, 3.05) is 33.4 Å². The van der Waals surface area contributed by atoms with Gasteiger partial charge in [-0.1, -0.05) is 23.2 Å². The molecule has 0 radical (unpaired) electrons. The molecule has 7 heteroatoms. The molecule has 0 N–H and O–H groups in total. The molecule has 27 heavy (non-hydrogen) atoms. The number of hydrogen-bond donors (Lipinski definition) is 0. The summed E-state index contributed by atoms with van der Waals surface area (Å²) >= 11 is 12.2. The van der Waals surface area contributed by atoms with Crippen molar-refractivity contribution in [3.05, 3.63) is 33.8 Å². The summed E-state index contributed by atoms with van der Waals surface area (Å²) in [5.74, 6) is -0.783. The van der Waals surface area contributed by atoms with Crippen molar-refractivity contribution < 1.29 is 14.3 Å². The van der Waals surface area contributed by atoms with Crippen LogP contribution in [0.2, 0.25) is 10.0 Å². The van der Waals surface area contributed by atoms with Gasteiger partial charge in [-0.15, -0.1) is 0 Å². The van der Waals surface area contributed by atoms with Crippen LogP contribution >= 0.6 is 23.2 Å². The maximum absolute atomic E-state index is 13.3. The Morgan fingerprint density at radius 1 is 1.15 bits per heavy atom. The maximum atomic E-state index is 13.3. The van der Waals surface area contributed by atoms with E-state index in [9.17, 15) is 4.79 Å². The molecule has 0 bridgehead atoms. The van der Waals surface area contributed by atoms with E-state index < -0.39 is 5.79 Å². The molecule has 2 heterocycles. The Morgan fingerprint density at radius 2 is 1.85 bits per heavy atom. The fraction of sp³-hybridized carbons (Fsp3) is 0.650. The number of nitrogens with zero attached hydrogens (tertiary/aromatic N) is 2. The lowest BCUT2D eigenvalue weighted by Gasteiger charge is -2.50. The largest absolute Gasteiger partial charge is 0.345 e. The molecule has 2 atom stereocenters. The molecule has 2 aliphatic heterocycles. The van der Waals surface area contributed by atoms with E-state index >= 15 is 0 Å². The molecule has 1 aromatic rings. The average molecular weight is 413 g/mol. The second-order valence-electron chi connectivity index (χ2n) is 7.70. The number of carbonyl (C=O) groups excluding carboxylic acids is 1. The Balaban J connectivity index is 1.66. The third kappa shape index (κ3) is 3.60. The summed E-state index contributed by atoms with van der Waals surface area (Å²) in [5.41, 5.74) is 0.533. The Hall–Kier alpha value is -0.850. The van der Waals surface area contributed by atoms with E-state index in [1.54, 1.807) is 18.2 Å². The smallest absolute Gasteiger partial charge is 0.254 e. The normalized spacial score (nSPS) is 28.0. The molecule has 3 fully saturated rings. The first kappa shape index (κ1) is 19.5. The van der Waals surface area contributed by atoms with Gasteiger partial charge in [-0.3, -0.25) is 9.69 Å². The SMILES string of the molecule is CN(C(=O)c1ccc(Cl)c(Cl)c1)[C@@H]1[C@@H](N2CCCC2)CCCC12OCCO2. The summed E-state index contributed by atoms with van der Waals surface area (Å²) in [5, 5.41) is 0.834. The molecule has 1 aliphatic carbocycles. The van der Waals surface area contributed by atoms with Gasteiger partial charge in [-0.2, -0.15) is 0 Å². The van der Waals surface area contributed by atoms with Crippen LogP contribution in [0.15, 0.2) is 18.2 Å². The summed E-state index contributed by atoms with van der Waals surface area (Å²) in [6.45, 7) is 3.31. The topological polar surface area (TPSA) is 42.0 Å². The molecule has 1 saturated carbocycles. The van der Waals surface area contributed by atoms with Crippen LogP contribution in [0.3, 0.4) is 0 Å². The first-order chi connectivity index (χ1) is 13.0. The lowest BCUT2D eigenvalue weighted by Crippen LogP contribution is -2.65. The van der Waals surface area contributed by atoms with Crippen molar-refractivity contribution in [1.29, 1.82) is 0 Å². The number of hydrogen-bond acceptors (Lipinski definition) is 4. The van der Waals surface area contributed by atoms with Crippen molar-refractivity contribution in [1.82, 2.24) is 9.80 Å². The maximum Gasteiger partial charge on any atom is 0.254 e. The van der Waals surface area contributed by atoms with E-state index in [0.29, 0.717) is 28.8 Å². The van der Waals surface area contributed by atoms with Crippen molar-refractivity contribution in [3.8, 4) is 0 Å². The summed E-state index contributed by atoms with van der Waals surface area (Å²) in [6, 6.07) is 5.13. The van der Waals surface area contributed by atoms with Crippen molar-refractivity contribution in [2.45, 2.75) is 50.0 Å². The van der Waals surface area contributed by atoms with Crippen molar-refractivity contribution >= 4 is 29.1 Å². The standard InChI is InChI=1S/C20H26Cl2N2O3/c1-23(19(25)14-6-7-15(21)16(22)13-14)18-17(24-9-2-3-10-24)5-4-8-20(18)26-11-12-27-20/h6-7,13,17-18H,2-5,8-12H2,1H3/t17-,18+/m0/s1. The lowest BCUT2D eigenvalue weighted by atomic mass is 9.82. The van der Waals surface area contributed by atoms with Gasteiger partial charge < -0.3 is 14.4 Å². The molecule has 0 unspecified atom stereocenters. The molecular weight excluding hydrogens is 387 g/mol. The highest BCUT2D eigenvalue weighted by molar-refractivity contribution is 6.42. The van der Waals surface area contributed by atoms with E-state index in [1.165, 1.54) is 12.8 Å². The molecule has 1 amide bonds. The molecule has 0 aromatic heterocycles. The van der Waals surface area contributed by atoms with Crippen LogP contribution in [0.4, 0.5) is 0 Å². The van der Waals surface area contributed by atoms with E-state index in [0.717, 1.165) is 32.4 Å². The third-order valence-corrected chi connectivity index (χ3v) is 6.87. The first-order valence-electron chi connectivity index (χ1n) is 9.76. The molecule has 5 nitrogen and oxygen atoms in total. The van der Waals surface area contributed by atoms with Gasteiger partial charge in [0.15, 0.2) is 5.79 Å². The zero-order chi connectivity index (χ0) is 19.0. The average Bonchev–Trinajstić information content (AvgIpc) is 3.35. The Bertz CT molecular complexity index is 702. The fourth-order valence-corrected chi connectivity index (χ4v) is 5.21. The molecule has 1 aromatic carbocycles. The van der Waals surface area contributed by atoms with E-state index in [4.69, 9.17) is 32.7 Å². The van der Waals surface area contributed by atoms with Gasteiger partial charge in [-0.25, -0.2) is 0 Å². The lowest BCUT2D eigenvalue weighted by molar-refractivity contribution is -0.224. The minimum absolute atomic E-state index is 0.0804. The monoisotopic (exact) mass is 412 g/mol. The van der Waals surface area contributed by atoms with Crippen LogP contribution in [0.5, 0.6) is 0 Å². The number of benzene rings is 1. The summed E-state index contributed by atoms with van der Waals surface area (Å²) in [4.78, 5) is 17.6. The van der Waals surface area contributed by atoms with E-state index in [1.807, 2.05) is 11.9 Å². The zero-order valence-corrected chi connectivity index (χ0v) is 17.1. The van der Waals surface area contributed by atoms with Gasteiger partial charge in [0.05, 0.1) is 23.3 Å². The number of likely N-dealkylation sites (tertiary alicyclic amines) is 1. The van der Waals surface area contributed by atoms with Crippen molar-refractivity contribution in [3.63, 3.8) is 0 Å². The first-order valence-corrected chi connectivity index (χ1v) is 10.5. The highest BCUT2D eigenvalue weighted by Crippen LogP contribution is 2.41. The number of carbonyl (C=O) groups is 1. The number of likely N-dealkylation sites (N-methyl/N-ethyl adjacent to an activating group) is 1. The van der Waals surface area contributed by atoms with Crippen LogP contribution in [-0.4, -0.2) is 66.9 Å². The fourth-order valence-electron chi connectivity index (χ4n) is 4.91. The minimum Gasteiger partial charge on any atom is -0.345 e. The van der Waals surface area contributed by atoms with Gasteiger partial charge in [-0.05, 0) is 57.0 Å². The van der Waals surface area contributed by atoms with Crippen LogP contribution in [0, 0.1) is 0 Å². The predicted molar refractivity (Wildman–Crippen MR) is 105 cm³/mol. The number of ether oxygens (including phenoxy) is 2. The number of rotatable bonds is 3. The zero-order valence-electron chi connectivity index (χ0n) is 15.6. The summed E-state index contributed by atoms with van der Waals surface area (Å²) in [7, 11) is 1.86. The van der Waals surface area contributed by atoms with Gasteiger partial charge in [0.25, 0.3) is 5.91 Å². The molecule has 1 spiro atoms. The Morgan fingerprint density at radius 3 is 2.52 bits per heavy atom. The molecule has 148 valence electrons. The predicted octanol–water partition coefficient (Wildman–Crippen LogP) is 3.83. The number of halogens is 2. The van der Waals surface area contributed by atoms with Gasteiger partial charge in [0.1, 0.15) is 6.04 Å². The van der Waals surface area contributed by atoms with Crippen LogP contribution in [0.1, 0.15) is 42.5 Å². The highest BCUT2D eigenvalue weighted by atomic mass is 35.5. The van der Waals surface area contributed by atoms with Crippen LogP contribution < -0.4 is 0 Å². The second kappa shape index (κ2) is 7.88. The summed E-state index contributed by atoms with van der Waals surface area (Å²) in [6.07, 6.45) is 5.34. The summed E-state index contributed by atoms with van der Waals surface area (Å²) < 4.78 is 12.3. The minimum atomic E-state index is -0.702. The van der Waals surface area contributed by atoms with Gasteiger partial charge in [0.2, 0.25) is 0 Å². The Kier molecular flexibility index (Phi) is 5.68. The van der Waals surface area contributed by atoms with Crippen LogP contribution in [-0.2, 0) is 9.47 Å². The quantitative estimate of drug-likeness (QED) is 0.756. The van der Waals surface area contributed by atoms with Crippen LogP contribution in [0.25, 0.3) is 0 Å². The number of amides is 1. The van der Waals surface area contributed by atoms with Gasteiger partial charge >= 0.3 is 0 Å². The molecule has 3 aliphatic rings. The molecule has 4 rings (SSSR count). The third-order valence-electron chi connectivity index (χ3n) is 6.13. The van der Waals surface area contributed by atoms with E-state index in [2.05, 4.69) is 4.90 Å². The van der Waals surface area contributed by atoms with Gasteiger partial charge in [0, 0.05) is 25.1 Å². The highest BCUT2D eigenvalue weighted by Gasteiger charge is 2.54. The second-order valence-corrected chi connectivity index (χ2v) is 8.52. The van der Waals surface area contributed by atoms with Crippen molar-refractivity contribution in [2.24, 2.45) is 0 Å².